The van der Waals surface area contributed by atoms with Crippen LogP contribution in [0, 0.1) is 0 Å². The van der Waals surface area contributed by atoms with Gasteiger partial charge in [0, 0.05) is 19.4 Å². The summed E-state index contributed by atoms with van der Waals surface area (Å²) in [6.45, 7) is 0. The molecule has 20 heavy (non-hydrogen) atoms. The van der Waals surface area contributed by atoms with E-state index in [0.717, 1.165) is 7.05 Å². The van der Waals surface area contributed by atoms with Gasteiger partial charge in [-0.15, -0.1) is 0 Å². The molecule has 0 spiro atoms. The summed E-state index contributed by atoms with van der Waals surface area (Å²) in [7, 11) is 2.42. The first-order valence-electron chi connectivity index (χ1n) is 5.60. The maximum atomic E-state index is 12.0. The number of carbonyl (C=O) groups excluding carboxylic acids is 1. The summed E-state index contributed by atoms with van der Waals surface area (Å²) in [4.78, 5) is 27.6. The number of nitrogens with zero attached hydrogens (tertiary/aromatic N) is 4. The van der Waals surface area contributed by atoms with Crippen LogP contribution in [0.25, 0.3) is 5.69 Å². The summed E-state index contributed by atoms with van der Waals surface area (Å²) in [5.74, 6) is -0.973. The molecule has 0 atom stereocenters. The summed E-state index contributed by atoms with van der Waals surface area (Å²) in [5.41, 5.74) is -0.539. The molecule has 8 heteroatoms. The average molecular weight is 276 g/mol. The number of hydroxylamine groups is 2. The molecular weight excluding hydrogens is 264 g/mol. The number of pyridine rings is 1. The van der Waals surface area contributed by atoms with Crippen LogP contribution in [-0.2, 0) is 0 Å². The number of ether oxygens (including phenoxy) is 1. The lowest BCUT2D eigenvalue weighted by Crippen LogP contribution is -2.31. The van der Waals surface area contributed by atoms with Gasteiger partial charge in [0.2, 0.25) is 5.69 Å². The maximum Gasteiger partial charge on any atom is 0.301 e. The first-order valence-corrected chi connectivity index (χ1v) is 5.60. The Bertz CT molecular complexity index is 682. The van der Waals surface area contributed by atoms with E-state index in [0.29, 0.717) is 10.8 Å². The van der Waals surface area contributed by atoms with Crippen molar-refractivity contribution in [3.63, 3.8) is 0 Å². The molecule has 0 bridgehead atoms. The van der Waals surface area contributed by atoms with Crippen LogP contribution in [0.2, 0.25) is 0 Å². The van der Waals surface area contributed by atoms with E-state index in [-0.39, 0.29) is 5.75 Å². The van der Waals surface area contributed by atoms with Crippen molar-refractivity contribution in [1.82, 2.24) is 19.8 Å². The van der Waals surface area contributed by atoms with Gasteiger partial charge in [0.15, 0.2) is 5.75 Å². The minimum absolute atomic E-state index is 0.0537. The number of methoxy groups -OCH3 is 1. The van der Waals surface area contributed by atoms with Crippen LogP contribution in [0.3, 0.4) is 0 Å². The monoisotopic (exact) mass is 276 g/mol. The van der Waals surface area contributed by atoms with Crippen molar-refractivity contribution < 1.29 is 14.7 Å². The number of hydrogen-bond donors (Lipinski definition) is 1. The van der Waals surface area contributed by atoms with Gasteiger partial charge in [0.05, 0.1) is 19.0 Å². The molecule has 2 rings (SSSR count). The topological polar surface area (TPSA) is 97.6 Å². The third-order valence-corrected chi connectivity index (χ3v) is 2.53. The molecular formula is C12H12N4O4. The van der Waals surface area contributed by atoms with Crippen molar-refractivity contribution in [2.45, 2.75) is 0 Å². The molecule has 0 saturated heterocycles. The number of carbonyl (C=O) groups is 1. The SMILES string of the molecule is COc1cn(-c2ccncc2)nc(C(=O)N(C)O)c1=O. The highest BCUT2D eigenvalue weighted by Gasteiger charge is 2.20. The van der Waals surface area contributed by atoms with Crippen LogP contribution in [-0.4, -0.2) is 45.1 Å². The first-order chi connectivity index (χ1) is 9.54. The number of aromatic nitrogens is 3. The molecule has 0 unspecified atom stereocenters. The molecule has 104 valence electrons. The highest BCUT2D eigenvalue weighted by molar-refractivity contribution is 5.91. The molecule has 0 aliphatic heterocycles. The molecule has 1 N–H and O–H groups in total. The summed E-state index contributed by atoms with van der Waals surface area (Å²) in [6.07, 6.45) is 4.44. The fourth-order valence-corrected chi connectivity index (χ4v) is 1.54. The van der Waals surface area contributed by atoms with Crippen LogP contribution in [0.4, 0.5) is 0 Å². The molecule has 0 aliphatic carbocycles. The molecule has 0 saturated carbocycles. The lowest BCUT2D eigenvalue weighted by Gasteiger charge is -2.11. The zero-order valence-electron chi connectivity index (χ0n) is 10.8. The second-order valence-corrected chi connectivity index (χ2v) is 3.85. The number of amides is 1. The van der Waals surface area contributed by atoms with E-state index in [1.165, 1.54) is 18.0 Å². The molecule has 0 aliphatic rings. The van der Waals surface area contributed by atoms with Crippen LogP contribution in [0.5, 0.6) is 5.75 Å². The normalized spacial score (nSPS) is 10.2. The summed E-state index contributed by atoms with van der Waals surface area (Å²) < 4.78 is 6.24. The van der Waals surface area contributed by atoms with Gasteiger partial charge in [0.25, 0.3) is 5.43 Å². The standard InChI is InChI=1S/C12H12N4O4/c1-15(19)12(18)10-11(17)9(20-2)7-16(14-10)8-3-5-13-6-4-8/h3-7,19H,1-2H3. The smallest absolute Gasteiger partial charge is 0.301 e. The van der Waals surface area contributed by atoms with Gasteiger partial charge < -0.3 is 4.74 Å². The summed E-state index contributed by atoms with van der Waals surface area (Å²) in [5, 5.41) is 13.4. The zero-order chi connectivity index (χ0) is 14.7. The maximum absolute atomic E-state index is 12.0. The predicted octanol–water partition coefficient (Wildman–Crippen LogP) is 0.0973. The quantitative estimate of drug-likeness (QED) is 0.630. The van der Waals surface area contributed by atoms with Gasteiger partial charge in [0.1, 0.15) is 0 Å². The van der Waals surface area contributed by atoms with Crippen molar-refractivity contribution in [3.8, 4) is 11.4 Å². The van der Waals surface area contributed by atoms with Crippen LogP contribution >= 0.6 is 0 Å². The van der Waals surface area contributed by atoms with Gasteiger partial charge in [-0.25, -0.2) is 9.75 Å². The fourth-order valence-electron chi connectivity index (χ4n) is 1.54. The first kappa shape index (κ1) is 13.7. The van der Waals surface area contributed by atoms with Crippen molar-refractivity contribution in [2.24, 2.45) is 0 Å². The lowest BCUT2D eigenvalue weighted by atomic mass is 10.3. The molecule has 2 aromatic rings. The second-order valence-electron chi connectivity index (χ2n) is 3.85. The van der Waals surface area contributed by atoms with E-state index in [2.05, 4.69) is 10.1 Å². The Balaban J connectivity index is 2.64. The number of rotatable bonds is 3. The second kappa shape index (κ2) is 5.49. The Labute approximate surface area is 113 Å². The van der Waals surface area contributed by atoms with Crippen molar-refractivity contribution in [3.05, 3.63) is 46.6 Å². The van der Waals surface area contributed by atoms with E-state index in [9.17, 15) is 9.59 Å². The highest BCUT2D eigenvalue weighted by atomic mass is 16.5. The molecule has 8 nitrogen and oxygen atoms in total. The summed E-state index contributed by atoms with van der Waals surface area (Å²) in [6, 6.07) is 3.29. The molecule has 1 amide bonds. The molecule has 2 heterocycles. The van der Waals surface area contributed by atoms with E-state index < -0.39 is 17.0 Å². The minimum atomic E-state index is -0.920. The van der Waals surface area contributed by atoms with Crippen molar-refractivity contribution in [2.75, 3.05) is 14.2 Å². The lowest BCUT2D eigenvalue weighted by molar-refractivity contribution is -0.0382. The van der Waals surface area contributed by atoms with E-state index >= 15 is 0 Å². The van der Waals surface area contributed by atoms with Crippen LogP contribution in [0.1, 0.15) is 10.5 Å². The third-order valence-electron chi connectivity index (χ3n) is 2.53. The van der Waals surface area contributed by atoms with Crippen LogP contribution < -0.4 is 10.2 Å². The van der Waals surface area contributed by atoms with Gasteiger partial charge >= 0.3 is 5.91 Å². The Morgan fingerprint density at radius 2 is 2.05 bits per heavy atom. The summed E-state index contributed by atoms with van der Waals surface area (Å²) >= 11 is 0. The van der Waals surface area contributed by atoms with Gasteiger partial charge in [-0.05, 0) is 12.1 Å². The van der Waals surface area contributed by atoms with Gasteiger partial charge in [-0.1, -0.05) is 0 Å². The predicted molar refractivity (Wildman–Crippen MR) is 68.1 cm³/mol. The molecule has 2 aromatic heterocycles. The zero-order valence-corrected chi connectivity index (χ0v) is 10.8. The Kier molecular flexibility index (Phi) is 3.76. The molecule has 0 radical (unpaired) electrons. The average Bonchev–Trinajstić information content (AvgIpc) is 2.47. The third kappa shape index (κ3) is 2.50. The van der Waals surface area contributed by atoms with Crippen molar-refractivity contribution in [1.29, 1.82) is 0 Å². The van der Waals surface area contributed by atoms with Crippen molar-refractivity contribution >= 4 is 5.91 Å². The molecule has 0 fully saturated rings. The highest BCUT2D eigenvalue weighted by Crippen LogP contribution is 2.09. The van der Waals surface area contributed by atoms with E-state index in [1.54, 1.807) is 24.5 Å². The van der Waals surface area contributed by atoms with E-state index in [1.807, 2.05) is 0 Å². The number of hydrogen-bond acceptors (Lipinski definition) is 6. The van der Waals surface area contributed by atoms with Gasteiger partial charge in [-0.2, -0.15) is 5.10 Å². The van der Waals surface area contributed by atoms with E-state index in [4.69, 9.17) is 9.94 Å². The Morgan fingerprint density at radius 1 is 1.40 bits per heavy atom. The van der Waals surface area contributed by atoms with Crippen LogP contribution in [0.15, 0.2) is 35.5 Å². The van der Waals surface area contributed by atoms with Gasteiger partial charge in [-0.3, -0.25) is 19.8 Å². The molecule has 0 aromatic carbocycles. The Hall–Kier alpha value is -2.74. The fraction of sp³-hybridized carbons (Fsp3) is 0.167. The largest absolute Gasteiger partial charge is 0.491 e. The Morgan fingerprint density at radius 3 is 2.60 bits per heavy atom. The minimum Gasteiger partial charge on any atom is -0.491 e.